The van der Waals surface area contributed by atoms with E-state index < -0.39 is 8.32 Å². The van der Waals surface area contributed by atoms with Crippen LogP contribution >= 0.6 is 0 Å². The Morgan fingerprint density at radius 3 is 1.93 bits per heavy atom. The first-order valence-corrected chi connectivity index (χ1v) is 8.91. The Morgan fingerprint density at radius 2 is 1.67 bits per heavy atom. The molecule has 0 aliphatic rings. The van der Waals surface area contributed by atoms with Crippen molar-refractivity contribution >= 4 is 8.32 Å². The highest BCUT2D eigenvalue weighted by molar-refractivity contribution is 6.70. The predicted octanol–water partition coefficient (Wildman–Crippen LogP) is 3.80. The summed E-state index contributed by atoms with van der Waals surface area (Å²) in [4.78, 5) is 0. The van der Waals surface area contributed by atoms with Crippen molar-refractivity contribution in [3.05, 3.63) is 11.8 Å². The van der Waals surface area contributed by atoms with Gasteiger partial charge < -0.3 is 9.16 Å². The third-order valence-corrected chi connectivity index (χ3v) is 2.75. The molecule has 0 aliphatic carbocycles. The second-order valence-electron chi connectivity index (χ2n) is 5.94. The molecule has 0 bridgehead atoms. The molecule has 3 heteroatoms. The van der Waals surface area contributed by atoms with Crippen LogP contribution in [0.1, 0.15) is 27.7 Å². The van der Waals surface area contributed by atoms with Crippen molar-refractivity contribution in [3.63, 3.8) is 0 Å². The number of allylic oxidation sites excluding steroid dienone is 1. The Balaban J connectivity index is 4.84. The fraction of sp³-hybridized carbons (Fsp3) is 0.833. The van der Waals surface area contributed by atoms with Gasteiger partial charge in [0.2, 0.25) is 8.32 Å². The van der Waals surface area contributed by atoms with Gasteiger partial charge in [0.1, 0.15) is 0 Å². The standard InChI is InChI=1S/C12H26O2Si/c1-10(13-5)9-11(12(2,3)4)14-15(6,7)8/h9-10H,1-8H3/b11-9+. The van der Waals surface area contributed by atoms with E-state index in [1.165, 1.54) is 0 Å². The average Bonchev–Trinajstić information content (AvgIpc) is 1.98. The van der Waals surface area contributed by atoms with Crippen LogP contribution in [0.15, 0.2) is 11.8 Å². The highest BCUT2D eigenvalue weighted by Gasteiger charge is 2.25. The molecule has 0 rings (SSSR count). The third kappa shape index (κ3) is 6.74. The minimum absolute atomic E-state index is 0.0487. The molecule has 0 aromatic heterocycles. The zero-order valence-corrected chi connectivity index (χ0v) is 12.5. The summed E-state index contributed by atoms with van der Waals surface area (Å²) in [5.41, 5.74) is 0.0487. The summed E-state index contributed by atoms with van der Waals surface area (Å²) in [6.07, 6.45) is 2.19. The largest absolute Gasteiger partial charge is 0.547 e. The molecular formula is C12H26O2Si. The van der Waals surface area contributed by atoms with Gasteiger partial charge in [0.25, 0.3) is 0 Å². The fourth-order valence-corrected chi connectivity index (χ4v) is 2.08. The SMILES string of the molecule is COC(C)/C=C(/O[Si](C)(C)C)C(C)(C)C. The Bertz CT molecular complexity index is 221. The minimum Gasteiger partial charge on any atom is -0.547 e. The van der Waals surface area contributed by atoms with Gasteiger partial charge in [0, 0.05) is 12.5 Å². The topological polar surface area (TPSA) is 18.5 Å². The molecule has 90 valence electrons. The summed E-state index contributed by atoms with van der Waals surface area (Å²) in [5, 5.41) is 0. The molecule has 15 heavy (non-hydrogen) atoms. The molecule has 0 amide bonds. The van der Waals surface area contributed by atoms with Crippen LogP contribution in [0.4, 0.5) is 0 Å². The molecule has 1 unspecified atom stereocenters. The minimum atomic E-state index is -1.53. The highest BCUT2D eigenvalue weighted by atomic mass is 28.4. The molecule has 0 saturated heterocycles. The molecule has 0 N–H and O–H groups in total. The van der Waals surface area contributed by atoms with Crippen molar-refractivity contribution in [2.45, 2.75) is 53.4 Å². The number of hydrogen-bond acceptors (Lipinski definition) is 2. The van der Waals surface area contributed by atoms with Crippen LogP contribution in [0.25, 0.3) is 0 Å². The highest BCUT2D eigenvalue weighted by Crippen LogP contribution is 2.29. The first kappa shape index (κ1) is 14.7. The van der Waals surface area contributed by atoms with Gasteiger partial charge in [-0.1, -0.05) is 20.8 Å². The summed E-state index contributed by atoms with van der Waals surface area (Å²) in [5.74, 6) is 1.05. The first-order chi connectivity index (χ1) is 6.56. The van der Waals surface area contributed by atoms with Gasteiger partial charge in [-0.15, -0.1) is 0 Å². The zero-order chi connectivity index (χ0) is 12.3. The lowest BCUT2D eigenvalue weighted by Crippen LogP contribution is -2.29. The van der Waals surface area contributed by atoms with E-state index in [0.717, 1.165) is 5.76 Å². The number of methoxy groups -OCH3 is 1. The average molecular weight is 230 g/mol. The predicted molar refractivity (Wildman–Crippen MR) is 68.4 cm³/mol. The van der Waals surface area contributed by atoms with Gasteiger partial charge in [0.15, 0.2) is 0 Å². The Labute approximate surface area is 95.8 Å². The lowest BCUT2D eigenvalue weighted by atomic mass is 9.93. The molecule has 0 spiro atoms. The van der Waals surface area contributed by atoms with E-state index in [-0.39, 0.29) is 11.5 Å². The summed E-state index contributed by atoms with van der Waals surface area (Å²) < 4.78 is 11.3. The van der Waals surface area contributed by atoms with Crippen LogP contribution in [-0.2, 0) is 9.16 Å². The van der Waals surface area contributed by atoms with Crippen LogP contribution in [0.2, 0.25) is 19.6 Å². The molecule has 1 atom stereocenters. The molecule has 0 aromatic rings. The molecule has 0 aliphatic heterocycles. The van der Waals surface area contributed by atoms with E-state index in [2.05, 4.69) is 46.5 Å². The van der Waals surface area contributed by atoms with Crippen molar-refractivity contribution in [2.75, 3.05) is 7.11 Å². The van der Waals surface area contributed by atoms with Gasteiger partial charge in [0.05, 0.1) is 11.9 Å². The molecule has 2 nitrogen and oxygen atoms in total. The zero-order valence-electron chi connectivity index (χ0n) is 11.5. The summed E-state index contributed by atoms with van der Waals surface area (Å²) in [6.45, 7) is 15.1. The smallest absolute Gasteiger partial charge is 0.241 e. The normalized spacial score (nSPS) is 16.4. The van der Waals surface area contributed by atoms with Crippen LogP contribution < -0.4 is 0 Å². The van der Waals surface area contributed by atoms with Crippen molar-refractivity contribution in [1.82, 2.24) is 0 Å². The Hall–Kier alpha value is -0.283. The van der Waals surface area contributed by atoms with Crippen molar-refractivity contribution in [3.8, 4) is 0 Å². The maximum Gasteiger partial charge on any atom is 0.241 e. The van der Waals surface area contributed by atoms with Crippen LogP contribution in [-0.4, -0.2) is 21.5 Å². The van der Waals surface area contributed by atoms with E-state index >= 15 is 0 Å². The molecule has 0 saturated carbocycles. The first-order valence-electron chi connectivity index (χ1n) is 5.50. The Kier molecular flexibility index (Phi) is 5.07. The fourth-order valence-electron chi connectivity index (χ4n) is 1.05. The second kappa shape index (κ2) is 5.17. The number of hydrogen-bond donors (Lipinski definition) is 0. The van der Waals surface area contributed by atoms with Crippen molar-refractivity contribution in [1.29, 1.82) is 0 Å². The third-order valence-electron chi connectivity index (χ3n) is 1.91. The molecule has 0 aromatic carbocycles. The van der Waals surface area contributed by atoms with E-state index in [4.69, 9.17) is 9.16 Å². The molecule has 0 radical (unpaired) electrons. The number of ether oxygens (including phenoxy) is 1. The lowest BCUT2D eigenvalue weighted by molar-refractivity contribution is 0.149. The van der Waals surface area contributed by atoms with Gasteiger partial charge in [-0.2, -0.15) is 0 Å². The summed E-state index contributed by atoms with van der Waals surface area (Å²) >= 11 is 0. The maximum absolute atomic E-state index is 6.09. The van der Waals surface area contributed by atoms with Crippen molar-refractivity contribution in [2.24, 2.45) is 5.41 Å². The van der Waals surface area contributed by atoms with E-state index in [9.17, 15) is 0 Å². The molecule has 0 heterocycles. The van der Waals surface area contributed by atoms with Gasteiger partial charge in [-0.25, -0.2) is 0 Å². The van der Waals surface area contributed by atoms with Gasteiger partial charge >= 0.3 is 0 Å². The summed E-state index contributed by atoms with van der Waals surface area (Å²) in [6, 6.07) is 0. The quantitative estimate of drug-likeness (QED) is 0.540. The van der Waals surface area contributed by atoms with E-state index in [0.29, 0.717) is 0 Å². The van der Waals surface area contributed by atoms with Crippen LogP contribution in [0.5, 0.6) is 0 Å². The van der Waals surface area contributed by atoms with Crippen LogP contribution in [0.3, 0.4) is 0 Å². The maximum atomic E-state index is 6.09. The van der Waals surface area contributed by atoms with E-state index in [1.54, 1.807) is 7.11 Å². The van der Waals surface area contributed by atoms with Crippen LogP contribution in [0, 0.1) is 5.41 Å². The molecular weight excluding hydrogens is 204 g/mol. The summed E-state index contributed by atoms with van der Waals surface area (Å²) in [7, 11) is 0.185. The number of rotatable bonds is 4. The van der Waals surface area contributed by atoms with Gasteiger partial charge in [-0.3, -0.25) is 0 Å². The lowest BCUT2D eigenvalue weighted by Gasteiger charge is -2.31. The monoisotopic (exact) mass is 230 g/mol. The Morgan fingerprint density at radius 1 is 1.20 bits per heavy atom. The second-order valence-corrected chi connectivity index (χ2v) is 10.4. The van der Waals surface area contributed by atoms with Crippen molar-refractivity contribution < 1.29 is 9.16 Å². The molecule has 0 fully saturated rings. The van der Waals surface area contributed by atoms with E-state index in [1.807, 2.05) is 6.92 Å². The van der Waals surface area contributed by atoms with Gasteiger partial charge in [-0.05, 0) is 32.6 Å².